The van der Waals surface area contributed by atoms with Crippen LogP contribution in [0.25, 0.3) is 86.2 Å². The van der Waals surface area contributed by atoms with Gasteiger partial charge in [-0.3, -0.25) is 0 Å². The van der Waals surface area contributed by atoms with Gasteiger partial charge < -0.3 is 0 Å². The first-order chi connectivity index (χ1) is 15.8. The number of hydrogen-bond donors (Lipinski definition) is 0. The van der Waals surface area contributed by atoms with Crippen LogP contribution < -0.4 is 0 Å². The van der Waals surface area contributed by atoms with Crippen LogP contribution in [0.5, 0.6) is 0 Å². The first kappa shape index (κ1) is 15.6. The molecule has 0 unspecified atom stereocenters. The summed E-state index contributed by atoms with van der Waals surface area (Å²) >= 11 is 0. The fourth-order valence-electron chi connectivity index (χ4n) is 6.45. The molecule has 0 aliphatic rings. The molecule has 0 amide bonds. The molecule has 0 aliphatic carbocycles. The molecular formula is C32H16. The summed E-state index contributed by atoms with van der Waals surface area (Å²) in [5.41, 5.74) is 0. The Kier molecular flexibility index (Phi) is 2.44. The van der Waals surface area contributed by atoms with E-state index >= 15 is 0 Å². The van der Waals surface area contributed by atoms with Crippen molar-refractivity contribution in [2.24, 2.45) is 0 Å². The molecule has 0 fully saturated rings. The van der Waals surface area contributed by atoms with E-state index in [1.807, 2.05) is 0 Å². The van der Waals surface area contributed by atoms with Gasteiger partial charge >= 0.3 is 0 Å². The molecule has 0 aromatic heterocycles. The summed E-state index contributed by atoms with van der Waals surface area (Å²) in [5, 5.41) is 22.0. The van der Waals surface area contributed by atoms with Crippen molar-refractivity contribution in [3.63, 3.8) is 0 Å². The second-order valence-electron chi connectivity index (χ2n) is 9.35. The average molecular weight is 400 g/mol. The molecule has 0 nitrogen and oxygen atoms in total. The van der Waals surface area contributed by atoms with E-state index in [1.54, 1.807) is 0 Å². The van der Waals surface area contributed by atoms with Crippen molar-refractivity contribution < 1.29 is 0 Å². The maximum atomic E-state index is 2.42. The quantitative estimate of drug-likeness (QED) is 0.176. The van der Waals surface area contributed by atoms with Crippen LogP contribution in [-0.4, -0.2) is 0 Å². The summed E-state index contributed by atoms with van der Waals surface area (Å²) in [5.74, 6) is 0. The van der Waals surface area contributed by atoms with Crippen molar-refractivity contribution in [1.29, 1.82) is 0 Å². The minimum Gasteiger partial charge on any atom is -0.0616 e. The molecule has 9 rings (SSSR count). The Labute approximate surface area is 183 Å². The van der Waals surface area contributed by atoms with Crippen LogP contribution in [0.1, 0.15) is 0 Å². The molecule has 0 saturated heterocycles. The van der Waals surface area contributed by atoms with Crippen LogP contribution in [-0.2, 0) is 0 Å². The van der Waals surface area contributed by atoms with Gasteiger partial charge in [-0.25, -0.2) is 0 Å². The predicted molar refractivity (Wildman–Crippen MR) is 140 cm³/mol. The van der Waals surface area contributed by atoms with Crippen molar-refractivity contribution in [3.8, 4) is 0 Å². The van der Waals surface area contributed by atoms with Gasteiger partial charge in [-0.15, -0.1) is 0 Å². The van der Waals surface area contributed by atoms with Crippen molar-refractivity contribution in [2.75, 3.05) is 0 Å². The largest absolute Gasteiger partial charge is 0.0616 e. The lowest BCUT2D eigenvalue weighted by atomic mass is 9.91. The third kappa shape index (κ3) is 1.63. The van der Waals surface area contributed by atoms with Gasteiger partial charge in [0.15, 0.2) is 0 Å². The SMILES string of the molecule is c1ccc2cc3cc4c(cc3cc2c1)c1ccc2ccc3ccc5ccc4c4c5c3c2c14. The van der Waals surface area contributed by atoms with E-state index < -0.39 is 0 Å². The minimum absolute atomic E-state index is 1.30. The lowest BCUT2D eigenvalue weighted by Crippen LogP contribution is -1.84. The van der Waals surface area contributed by atoms with E-state index in [0.29, 0.717) is 0 Å². The summed E-state index contributed by atoms with van der Waals surface area (Å²) in [6, 6.07) is 36.7. The lowest BCUT2D eigenvalue weighted by Gasteiger charge is -2.12. The van der Waals surface area contributed by atoms with Crippen LogP contribution >= 0.6 is 0 Å². The van der Waals surface area contributed by atoms with E-state index in [0.717, 1.165) is 0 Å². The van der Waals surface area contributed by atoms with Gasteiger partial charge in [0, 0.05) is 0 Å². The van der Waals surface area contributed by atoms with E-state index in [2.05, 4.69) is 97.1 Å². The Morgan fingerprint density at radius 1 is 0.250 bits per heavy atom. The molecule has 0 heteroatoms. The highest BCUT2D eigenvalue weighted by Gasteiger charge is 2.22. The van der Waals surface area contributed by atoms with Crippen molar-refractivity contribution in [3.05, 3.63) is 97.1 Å². The molecule has 9 aromatic carbocycles. The van der Waals surface area contributed by atoms with E-state index in [4.69, 9.17) is 0 Å². The molecule has 0 spiro atoms. The van der Waals surface area contributed by atoms with E-state index in [9.17, 15) is 0 Å². The van der Waals surface area contributed by atoms with E-state index in [-0.39, 0.29) is 0 Å². The summed E-state index contributed by atoms with van der Waals surface area (Å²) < 4.78 is 0. The van der Waals surface area contributed by atoms with E-state index in [1.165, 1.54) is 86.2 Å². The van der Waals surface area contributed by atoms with Gasteiger partial charge in [0.25, 0.3) is 0 Å². The molecular weight excluding hydrogens is 384 g/mol. The normalized spacial score (nSPS) is 13.0. The van der Waals surface area contributed by atoms with Gasteiger partial charge in [-0.05, 0) is 110 Å². The van der Waals surface area contributed by atoms with Crippen LogP contribution in [0, 0.1) is 0 Å². The van der Waals surface area contributed by atoms with Gasteiger partial charge in [-0.2, -0.15) is 0 Å². The molecule has 9 aromatic rings. The maximum Gasteiger partial charge on any atom is -0.000740 e. The summed E-state index contributed by atoms with van der Waals surface area (Å²) in [6.45, 7) is 0. The van der Waals surface area contributed by atoms with Crippen LogP contribution in [0.3, 0.4) is 0 Å². The second kappa shape index (κ2) is 5.00. The third-order valence-electron chi connectivity index (χ3n) is 7.82. The average Bonchev–Trinajstić information content (AvgIpc) is 3.21. The van der Waals surface area contributed by atoms with Gasteiger partial charge in [-0.1, -0.05) is 72.8 Å². The number of benzene rings is 8. The van der Waals surface area contributed by atoms with Gasteiger partial charge in [0.1, 0.15) is 0 Å². The van der Waals surface area contributed by atoms with Crippen molar-refractivity contribution in [2.45, 2.75) is 0 Å². The first-order valence-corrected chi connectivity index (χ1v) is 11.3. The monoisotopic (exact) mass is 400 g/mol. The molecule has 144 valence electrons. The van der Waals surface area contributed by atoms with Crippen molar-refractivity contribution >= 4 is 86.2 Å². The molecule has 0 atom stereocenters. The first-order valence-electron chi connectivity index (χ1n) is 11.3. The number of fused-ring (bicyclic) bond motifs is 5. The van der Waals surface area contributed by atoms with Crippen LogP contribution in [0.15, 0.2) is 97.1 Å². The van der Waals surface area contributed by atoms with Crippen LogP contribution in [0.2, 0.25) is 0 Å². The fraction of sp³-hybridized carbons (Fsp3) is 0. The third-order valence-corrected chi connectivity index (χ3v) is 7.82. The molecule has 0 heterocycles. The highest BCUT2D eigenvalue weighted by Crippen LogP contribution is 2.50. The molecule has 0 saturated carbocycles. The maximum absolute atomic E-state index is 2.42. The Balaban J connectivity index is 1.64. The molecule has 0 bridgehead atoms. The standard InChI is InChI=1S/C32H16/c1-2-4-21-14-23-16-27-25-12-10-19-8-6-17-5-7-18-9-11-24(26(27)15-22(23)13-20(21)3-1)31-29(18)28(17)30(19)32(25)31/h1-16H. The number of hydrogen-bond acceptors (Lipinski definition) is 0. The molecule has 32 heavy (non-hydrogen) atoms. The minimum atomic E-state index is 1.30. The Morgan fingerprint density at radius 3 is 1.12 bits per heavy atom. The predicted octanol–water partition coefficient (Wildman–Crippen LogP) is 9.23. The van der Waals surface area contributed by atoms with Gasteiger partial charge in [0.2, 0.25) is 0 Å². The fourth-order valence-corrected chi connectivity index (χ4v) is 6.45. The molecule has 0 aliphatic heterocycles. The number of rotatable bonds is 0. The highest BCUT2D eigenvalue weighted by molar-refractivity contribution is 6.48. The zero-order valence-electron chi connectivity index (χ0n) is 17.2. The zero-order chi connectivity index (χ0) is 20.6. The van der Waals surface area contributed by atoms with Gasteiger partial charge in [0.05, 0.1) is 0 Å². The Morgan fingerprint density at radius 2 is 0.656 bits per heavy atom. The molecule has 0 N–H and O–H groups in total. The topological polar surface area (TPSA) is 0 Å². The zero-order valence-corrected chi connectivity index (χ0v) is 17.2. The van der Waals surface area contributed by atoms with Crippen LogP contribution in [0.4, 0.5) is 0 Å². The van der Waals surface area contributed by atoms with Crippen molar-refractivity contribution in [1.82, 2.24) is 0 Å². The Hall–Kier alpha value is -4.16. The lowest BCUT2D eigenvalue weighted by molar-refractivity contribution is 1.80. The summed E-state index contributed by atoms with van der Waals surface area (Å²) in [6.07, 6.45) is 0. The summed E-state index contributed by atoms with van der Waals surface area (Å²) in [7, 11) is 0. The Bertz CT molecular complexity index is 2030. The highest BCUT2D eigenvalue weighted by atomic mass is 14.2. The second-order valence-corrected chi connectivity index (χ2v) is 9.35. The summed E-state index contributed by atoms with van der Waals surface area (Å²) in [4.78, 5) is 0. The molecule has 0 radical (unpaired) electrons. The smallest absolute Gasteiger partial charge is 0.000740 e.